The number of aliphatic hydroxyl groups is 2. The number of allylic oxidation sites excluding steroid dienone is 4. The molecule has 0 aromatic heterocycles. The van der Waals surface area contributed by atoms with Crippen molar-refractivity contribution >= 4 is 11.9 Å². The topological polar surface area (TPSA) is 93.1 Å². The van der Waals surface area contributed by atoms with Crippen LogP contribution in [0.15, 0.2) is 23.3 Å². The summed E-state index contributed by atoms with van der Waals surface area (Å²) in [7, 11) is 0. The monoisotopic (exact) mass is 616 g/mol. The number of hydrogen-bond donors (Lipinski definition) is 2. The first kappa shape index (κ1) is 36.8. The molecule has 0 spiro atoms. The van der Waals surface area contributed by atoms with Crippen molar-refractivity contribution in [2.24, 2.45) is 40.4 Å². The maximum absolute atomic E-state index is 13.0. The van der Waals surface area contributed by atoms with Gasteiger partial charge in [-0.1, -0.05) is 57.4 Å². The van der Waals surface area contributed by atoms with Crippen molar-refractivity contribution in [3.8, 4) is 0 Å². The van der Waals surface area contributed by atoms with Gasteiger partial charge in [0.2, 0.25) is 0 Å². The van der Waals surface area contributed by atoms with Crippen LogP contribution in [0.3, 0.4) is 0 Å². The van der Waals surface area contributed by atoms with Gasteiger partial charge in [-0.25, -0.2) is 0 Å². The first-order valence-electron chi connectivity index (χ1n) is 17.6. The minimum absolute atomic E-state index is 0.0136. The fourth-order valence-corrected chi connectivity index (χ4v) is 9.14. The maximum atomic E-state index is 13.0. The average molecular weight is 617 g/mol. The molecule has 0 amide bonds. The van der Waals surface area contributed by atoms with E-state index in [1.807, 2.05) is 6.92 Å². The van der Waals surface area contributed by atoms with Gasteiger partial charge in [-0.15, -0.1) is 0 Å². The lowest BCUT2D eigenvalue weighted by atomic mass is 9.47. The smallest absolute Gasteiger partial charge is 0.317 e. The SMILES string of the molecule is CC(C)=CCC[C@](C)(O)C1CCC(COC(=O)CC(=O)O[C@@H]2CC(C)(C)[C@H]3CC=C(C)[C@@H](CC[C@H](C)CCO)[C@@]3(C)C2)CC1. The molecule has 252 valence electrons. The first-order valence-corrected chi connectivity index (χ1v) is 17.6. The van der Waals surface area contributed by atoms with E-state index in [-0.39, 0.29) is 41.8 Å². The molecule has 2 saturated carbocycles. The van der Waals surface area contributed by atoms with Crippen LogP contribution in [0.25, 0.3) is 0 Å². The molecule has 0 aliphatic heterocycles. The van der Waals surface area contributed by atoms with Gasteiger partial charge in [-0.2, -0.15) is 0 Å². The second kappa shape index (κ2) is 15.8. The van der Waals surface area contributed by atoms with Crippen molar-refractivity contribution in [2.75, 3.05) is 13.2 Å². The van der Waals surface area contributed by atoms with Gasteiger partial charge >= 0.3 is 11.9 Å². The summed E-state index contributed by atoms with van der Waals surface area (Å²) >= 11 is 0. The average Bonchev–Trinajstić information content (AvgIpc) is 2.90. The van der Waals surface area contributed by atoms with Crippen LogP contribution in [0.5, 0.6) is 0 Å². The van der Waals surface area contributed by atoms with Gasteiger partial charge in [0.25, 0.3) is 0 Å². The van der Waals surface area contributed by atoms with E-state index >= 15 is 0 Å². The molecule has 6 nitrogen and oxygen atoms in total. The Bertz CT molecular complexity index is 1010. The standard InChI is InChI=1S/C38H64O6/c1-26(2)10-9-20-38(8,42)30-15-13-29(14-16-30)25-43-34(40)22-35(41)44-31-23-36(5,6)33-18-12-28(4)32(37(33,7)24-31)17-11-27(3)19-21-39/h10,12,27,29-33,39,42H,9,11,13-25H2,1-8H3/t27-,29?,30?,31+,32+,33+,37+,38-/m0/s1. The minimum Gasteiger partial charge on any atom is -0.465 e. The molecule has 2 fully saturated rings. The third kappa shape index (κ3) is 9.92. The number of esters is 2. The number of rotatable bonds is 14. The Kier molecular flexibility index (Phi) is 13.2. The molecule has 0 saturated heterocycles. The van der Waals surface area contributed by atoms with Crippen LogP contribution in [-0.4, -0.2) is 47.1 Å². The Morgan fingerprint density at radius 3 is 2.41 bits per heavy atom. The second-order valence-electron chi connectivity index (χ2n) is 16.3. The summed E-state index contributed by atoms with van der Waals surface area (Å²) in [4.78, 5) is 25.6. The number of carbonyl (C=O) groups is 2. The third-order valence-electron chi connectivity index (χ3n) is 11.7. The fourth-order valence-electron chi connectivity index (χ4n) is 9.14. The summed E-state index contributed by atoms with van der Waals surface area (Å²) in [6, 6.07) is 0. The molecule has 6 atom stereocenters. The van der Waals surface area contributed by atoms with E-state index in [0.29, 0.717) is 24.4 Å². The van der Waals surface area contributed by atoms with Crippen LogP contribution in [-0.2, 0) is 19.1 Å². The molecule has 6 heteroatoms. The normalized spacial score (nSPS) is 32.0. The van der Waals surface area contributed by atoms with E-state index in [9.17, 15) is 19.8 Å². The van der Waals surface area contributed by atoms with Crippen LogP contribution in [0.2, 0.25) is 0 Å². The summed E-state index contributed by atoms with van der Waals surface area (Å²) < 4.78 is 11.6. The molecule has 3 aliphatic carbocycles. The zero-order valence-electron chi connectivity index (χ0n) is 29.3. The summed E-state index contributed by atoms with van der Waals surface area (Å²) in [6.45, 7) is 18.2. The van der Waals surface area contributed by atoms with E-state index < -0.39 is 17.5 Å². The van der Waals surface area contributed by atoms with Gasteiger partial charge in [0.05, 0.1) is 12.2 Å². The zero-order chi connectivity index (χ0) is 32.7. The molecular formula is C38H64O6. The Morgan fingerprint density at radius 2 is 1.77 bits per heavy atom. The Hall–Kier alpha value is -1.66. The quantitative estimate of drug-likeness (QED) is 0.116. The van der Waals surface area contributed by atoms with Crippen molar-refractivity contribution in [3.63, 3.8) is 0 Å². The minimum atomic E-state index is -0.674. The maximum Gasteiger partial charge on any atom is 0.317 e. The lowest BCUT2D eigenvalue weighted by Gasteiger charge is -2.58. The van der Waals surface area contributed by atoms with E-state index in [4.69, 9.17) is 9.47 Å². The largest absolute Gasteiger partial charge is 0.465 e. The zero-order valence-corrected chi connectivity index (χ0v) is 29.3. The molecule has 2 N–H and O–H groups in total. The first-order chi connectivity index (χ1) is 20.6. The summed E-state index contributed by atoms with van der Waals surface area (Å²) in [5.41, 5.74) is 2.07. The number of fused-ring (bicyclic) bond motifs is 1. The third-order valence-corrected chi connectivity index (χ3v) is 11.7. The molecule has 0 radical (unpaired) electrons. The highest BCUT2D eigenvalue weighted by Crippen LogP contribution is 2.61. The van der Waals surface area contributed by atoms with Crippen LogP contribution in [0.4, 0.5) is 0 Å². The number of hydrogen-bond acceptors (Lipinski definition) is 6. The van der Waals surface area contributed by atoms with E-state index in [2.05, 4.69) is 60.6 Å². The van der Waals surface area contributed by atoms with Crippen molar-refractivity contribution < 1.29 is 29.3 Å². The van der Waals surface area contributed by atoms with Crippen LogP contribution >= 0.6 is 0 Å². The highest BCUT2D eigenvalue weighted by Gasteiger charge is 2.55. The van der Waals surface area contributed by atoms with Gasteiger partial charge in [0.15, 0.2) is 0 Å². The second-order valence-corrected chi connectivity index (χ2v) is 16.3. The molecule has 0 aromatic rings. The van der Waals surface area contributed by atoms with Crippen molar-refractivity contribution in [3.05, 3.63) is 23.3 Å². The lowest BCUT2D eigenvalue weighted by Crippen LogP contribution is -2.53. The van der Waals surface area contributed by atoms with E-state index in [0.717, 1.165) is 77.0 Å². The van der Waals surface area contributed by atoms with Gasteiger partial charge < -0.3 is 19.7 Å². The van der Waals surface area contributed by atoms with Crippen LogP contribution in [0, 0.1) is 40.4 Å². The molecule has 0 bridgehead atoms. The molecule has 44 heavy (non-hydrogen) atoms. The van der Waals surface area contributed by atoms with Gasteiger partial charge in [-0.05, 0) is 139 Å². The van der Waals surface area contributed by atoms with Gasteiger partial charge in [-0.3, -0.25) is 9.59 Å². The molecule has 0 unspecified atom stereocenters. The molecule has 0 aromatic carbocycles. The number of aliphatic hydroxyl groups excluding tert-OH is 1. The highest BCUT2D eigenvalue weighted by atomic mass is 16.6. The van der Waals surface area contributed by atoms with Crippen molar-refractivity contribution in [1.29, 1.82) is 0 Å². The van der Waals surface area contributed by atoms with Crippen molar-refractivity contribution in [2.45, 2.75) is 151 Å². The highest BCUT2D eigenvalue weighted by molar-refractivity contribution is 5.91. The van der Waals surface area contributed by atoms with Gasteiger partial charge in [0.1, 0.15) is 12.5 Å². The number of ether oxygens (including phenoxy) is 2. The molecule has 0 heterocycles. The molecule has 3 aliphatic rings. The summed E-state index contributed by atoms with van der Waals surface area (Å²) in [5.74, 6) is 0.966. The van der Waals surface area contributed by atoms with Crippen LogP contribution in [0.1, 0.15) is 139 Å². The van der Waals surface area contributed by atoms with Gasteiger partial charge in [0, 0.05) is 6.61 Å². The van der Waals surface area contributed by atoms with Crippen LogP contribution < -0.4 is 0 Å². The Labute approximate surface area is 268 Å². The molecule has 3 rings (SSSR count). The molecular weight excluding hydrogens is 552 g/mol. The Balaban J connectivity index is 1.48. The summed E-state index contributed by atoms with van der Waals surface area (Å²) in [5, 5.41) is 20.4. The fraction of sp³-hybridized carbons (Fsp3) is 0.842. The lowest BCUT2D eigenvalue weighted by molar-refractivity contribution is -0.168. The van der Waals surface area contributed by atoms with E-state index in [1.54, 1.807) is 0 Å². The Morgan fingerprint density at radius 1 is 1.09 bits per heavy atom. The predicted molar refractivity (Wildman–Crippen MR) is 177 cm³/mol. The summed E-state index contributed by atoms with van der Waals surface area (Å²) in [6.07, 6.45) is 15.1. The van der Waals surface area contributed by atoms with E-state index in [1.165, 1.54) is 11.1 Å². The predicted octanol–water partition coefficient (Wildman–Crippen LogP) is 8.34. The number of carbonyl (C=O) groups excluding carboxylic acids is 2. The van der Waals surface area contributed by atoms with Crippen molar-refractivity contribution in [1.82, 2.24) is 0 Å².